The van der Waals surface area contributed by atoms with Crippen LogP contribution in [0.2, 0.25) is 5.15 Å². The summed E-state index contributed by atoms with van der Waals surface area (Å²) in [6.45, 7) is 1.00. The maximum absolute atomic E-state index is 13.1. The first-order chi connectivity index (χ1) is 10.7. The minimum absolute atomic E-state index is 0.258. The summed E-state index contributed by atoms with van der Waals surface area (Å²) in [5, 5.41) is 4.91. The zero-order valence-electron chi connectivity index (χ0n) is 11.9. The molecule has 0 aliphatic carbocycles. The number of anilines is 1. The zero-order chi connectivity index (χ0) is 15.1. The van der Waals surface area contributed by atoms with Gasteiger partial charge in [0.1, 0.15) is 11.0 Å². The topological polar surface area (TPSA) is 24.9 Å². The summed E-state index contributed by atoms with van der Waals surface area (Å²) in [5.74, 6) is -0.258. The average molecular weight is 313 g/mol. The number of aromatic nitrogens is 1. The van der Waals surface area contributed by atoms with E-state index in [2.05, 4.69) is 22.4 Å². The van der Waals surface area contributed by atoms with E-state index in [9.17, 15) is 4.39 Å². The number of fused-ring (bicyclic) bond motifs is 2. The number of hydrogen-bond donors (Lipinski definition) is 1. The monoisotopic (exact) mass is 312 g/mol. The highest BCUT2D eigenvalue weighted by Gasteiger charge is 2.13. The van der Waals surface area contributed by atoms with Crippen molar-refractivity contribution < 1.29 is 4.39 Å². The number of rotatable bonds is 1. The Morgan fingerprint density at radius 3 is 2.73 bits per heavy atom. The fourth-order valence-electron chi connectivity index (χ4n) is 2.95. The number of pyridine rings is 1. The third-order valence-electron chi connectivity index (χ3n) is 4.09. The van der Waals surface area contributed by atoms with Gasteiger partial charge in [0.25, 0.3) is 0 Å². The van der Waals surface area contributed by atoms with E-state index in [4.69, 9.17) is 11.6 Å². The molecular weight excluding hydrogens is 299 g/mol. The maximum Gasteiger partial charge on any atom is 0.137 e. The minimum Gasteiger partial charge on any atom is -0.385 e. The minimum atomic E-state index is -0.258. The molecule has 2 aromatic carbocycles. The molecule has 1 aromatic heterocycles. The Labute approximate surface area is 132 Å². The predicted octanol–water partition coefficient (Wildman–Crippen LogP) is 5.05. The summed E-state index contributed by atoms with van der Waals surface area (Å²) < 4.78 is 13.1. The second-order valence-corrected chi connectivity index (χ2v) is 5.92. The molecule has 0 bridgehead atoms. The van der Waals surface area contributed by atoms with Crippen molar-refractivity contribution in [3.05, 3.63) is 59.0 Å². The van der Waals surface area contributed by atoms with Crippen molar-refractivity contribution in [2.24, 2.45) is 0 Å². The highest BCUT2D eigenvalue weighted by Crippen LogP contribution is 2.33. The molecule has 0 amide bonds. The lowest BCUT2D eigenvalue weighted by atomic mass is 9.99. The average Bonchev–Trinajstić information content (AvgIpc) is 2.53. The first-order valence-corrected chi connectivity index (χ1v) is 7.71. The van der Waals surface area contributed by atoms with Crippen molar-refractivity contribution in [3.63, 3.8) is 0 Å². The van der Waals surface area contributed by atoms with E-state index in [1.807, 2.05) is 6.07 Å². The Balaban J connectivity index is 1.89. The molecule has 1 N–H and O–H groups in total. The Hall–Kier alpha value is -2.13. The predicted molar refractivity (Wildman–Crippen MR) is 89.0 cm³/mol. The third kappa shape index (κ3) is 2.32. The number of hydrogen-bond acceptors (Lipinski definition) is 2. The van der Waals surface area contributed by atoms with E-state index in [1.54, 1.807) is 12.1 Å². The Kier molecular flexibility index (Phi) is 3.23. The van der Waals surface area contributed by atoms with Crippen LogP contribution in [0.25, 0.3) is 22.0 Å². The van der Waals surface area contributed by atoms with Gasteiger partial charge in [0.15, 0.2) is 0 Å². The summed E-state index contributed by atoms with van der Waals surface area (Å²) in [6, 6.07) is 12.6. The van der Waals surface area contributed by atoms with Gasteiger partial charge in [0, 0.05) is 23.2 Å². The SMILES string of the molecule is Fc1ccc(-c2cc3cc4c(cc3nc2Cl)CCCN4)cc1. The van der Waals surface area contributed by atoms with Crippen molar-refractivity contribution in [3.8, 4) is 11.1 Å². The molecule has 2 heterocycles. The summed E-state index contributed by atoms with van der Waals surface area (Å²) in [4.78, 5) is 4.53. The lowest BCUT2D eigenvalue weighted by Gasteiger charge is -2.19. The van der Waals surface area contributed by atoms with Crippen molar-refractivity contribution in [2.45, 2.75) is 12.8 Å². The normalized spacial score (nSPS) is 13.7. The lowest BCUT2D eigenvalue weighted by molar-refractivity contribution is 0.628. The van der Waals surface area contributed by atoms with Gasteiger partial charge in [-0.2, -0.15) is 0 Å². The molecule has 3 aromatic rings. The molecule has 0 fully saturated rings. The van der Waals surface area contributed by atoms with Crippen LogP contribution in [-0.4, -0.2) is 11.5 Å². The van der Waals surface area contributed by atoms with Crippen LogP contribution in [0.5, 0.6) is 0 Å². The van der Waals surface area contributed by atoms with Crippen molar-refractivity contribution >= 4 is 28.2 Å². The Bertz CT molecular complexity index is 859. The van der Waals surface area contributed by atoms with E-state index >= 15 is 0 Å². The van der Waals surface area contributed by atoms with Crippen LogP contribution in [0.15, 0.2) is 42.5 Å². The number of halogens is 2. The van der Waals surface area contributed by atoms with Gasteiger partial charge in [-0.15, -0.1) is 0 Å². The standard InChI is InChI=1S/C18H14ClFN2/c19-18-15(11-3-5-14(20)6-4-11)8-13-10-16-12(2-1-7-21-16)9-17(13)22-18/h3-6,8-10,21H,1-2,7H2. The molecule has 1 aliphatic rings. The summed E-state index contributed by atoms with van der Waals surface area (Å²) in [5.41, 5.74) is 5.06. The molecule has 1 aliphatic heterocycles. The van der Waals surface area contributed by atoms with Crippen LogP contribution in [-0.2, 0) is 6.42 Å². The summed E-state index contributed by atoms with van der Waals surface area (Å²) in [7, 11) is 0. The van der Waals surface area contributed by atoms with Crippen molar-refractivity contribution in [1.82, 2.24) is 4.98 Å². The third-order valence-corrected chi connectivity index (χ3v) is 4.37. The molecule has 22 heavy (non-hydrogen) atoms. The Morgan fingerprint density at radius 1 is 1.09 bits per heavy atom. The lowest BCUT2D eigenvalue weighted by Crippen LogP contribution is -2.11. The van der Waals surface area contributed by atoms with Crippen LogP contribution < -0.4 is 5.32 Å². The molecule has 2 nitrogen and oxygen atoms in total. The molecule has 110 valence electrons. The molecule has 0 radical (unpaired) electrons. The van der Waals surface area contributed by atoms with Crippen LogP contribution in [0.3, 0.4) is 0 Å². The van der Waals surface area contributed by atoms with E-state index in [-0.39, 0.29) is 5.82 Å². The van der Waals surface area contributed by atoms with Gasteiger partial charge < -0.3 is 5.32 Å². The van der Waals surface area contributed by atoms with Gasteiger partial charge in [-0.3, -0.25) is 0 Å². The second-order valence-electron chi connectivity index (χ2n) is 5.57. The number of benzene rings is 2. The molecule has 0 spiro atoms. The van der Waals surface area contributed by atoms with Crippen LogP contribution in [0, 0.1) is 5.82 Å². The quantitative estimate of drug-likeness (QED) is 0.636. The first-order valence-electron chi connectivity index (χ1n) is 7.34. The Morgan fingerprint density at radius 2 is 1.91 bits per heavy atom. The maximum atomic E-state index is 13.1. The van der Waals surface area contributed by atoms with Gasteiger partial charge in [-0.1, -0.05) is 23.7 Å². The molecule has 4 rings (SSSR count). The molecule has 4 heteroatoms. The highest BCUT2D eigenvalue weighted by molar-refractivity contribution is 6.32. The van der Waals surface area contributed by atoms with Crippen molar-refractivity contribution in [1.29, 1.82) is 0 Å². The van der Waals surface area contributed by atoms with Gasteiger partial charge in [0.05, 0.1) is 5.52 Å². The van der Waals surface area contributed by atoms with Crippen LogP contribution in [0.1, 0.15) is 12.0 Å². The molecular formula is C18H14ClFN2. The van der Waals surface area contributed by atoms with E-state index in [0.29, 0.717) is 5.15 Å². The smallest absolute Gasteiger partial charge is 0.137 e. The van der Waals surface area contributed by atoms with Crippen molar-refractivity contribution in [2.75, 3.05) is 11.9 Å². The van der Waals surface area contributed by atoms with E-state index in [1.165, 1.54) is 23.4 Å². The summed E-state index contributed by atoms with van der Waals surface area (Å²) >= 11 is 6.34. The van der Waals surface area contributed by atoms with E-state index < -0.39 is 0 Å². The zero-order valence-corrected chi connectivity index (χ0v) is 12.6. The van der Waals surface area contributed by atoms with Gasteiger partial charge in [-0.05, 0) is 54.3 Å². The van der Waals surface area contributed by atoms with Crippen LogP contribution in [0.4, 0.5) is 10.1 Å². The number of nitrogens with zero attached hydrogens (tertiary/aromatic N) is 1. The largest absolute Gasteiger partial charge is 0.385 e. The number of nitrogens with one attached hydrogen (secondary N) is 1. The van der Waals surface area contributed by atoms with Crippen LogP contribution >= 0.6 is 11.6 Å². The van der Waals surface area contributed by atoms with E-state index in [0.717, 1.165) is 41.4 Å². The number of aryl methyl sites for hydroxylation is 1. The first kappa shape index (κ1) is 13.5. The highest BCUT2D eigenvalue weighted by atomic mass is 35.5. The molecule has 0 saturated carbocycles. The molecule has 0 unspecified atom stereocenters. The fraction of sp³-hybridized carbons (Fsp3) is 0.167. The molecule has 0 saturated heterocycles. The van der Waals surface area contributed by atoms with Gasteiger partial charge in [0.2, 0.25) is 0 Å². The van der Waals surface area contributed by atoms with Gasteiger partial charge in [-0.25, -0.2) is 9.37 Å². The second kappa shape index (κ2) is 5.25. The van der Waals surface area contributed by atoms with Gasteiger partial charge >= 0.3 is 0 Å². The summed E-state index contributed by atoms with van der Waals surface area (Å²) in [6.07, 6.45) is 2.21. The fourth-order valence-corrected chi connectivity index (χ4v) is 3.20. The molecule has 0 atom stereocenters.